The first kappa shape index (κ1) is 17.3. The number of nitrogens with one attached hydrogen (secondary N) is 1. The van der Waals surface area contributed by atoms with Crippen LogP contribution in [0.3, 0.4) is 0 Å². The second-order valence-corrected chi connectivity index (χ2v) is 5.29. The summed E-state index contributed by atoms with van der Waals surface area (Å²) in [4.78, 5) is 20.7. The Labute approximate surface area is 150 Å². The van der Waals surface area contributed by atoms with E-state index in [1.54, 1.807) is 38.5 Å². The third kappa shape index (κ3) is 3.44. The van der Waals surface area contributed by atoms with E-state index in [0.717, 1.165) is 5.56 Å². The van der Waals surface area contributed by atoms with Crippen molar-refractivity contribution in [3.05, 3.63) is 53.9 Å². The Morgan fingerprint density at radius 2 is 1.92 bits per heavy atom. The number of nitrogens with two attached hydrogens (primary N) is 1. The number of anilines is 1. The zero-order valence-electron chi connectivity index (χ0n) is 14.4. The van der Waals surface area contributed by atoms with E-state index >= 15 is 0 Å². The van der Waals surface area contributed by atoms with Gasteiger partial charge in [-0.1, -0.05) is 6.07 Å². The maximum atomic E-state index is 12.5. The van der Waals surface area contributed by atoms with Gasteiger partial charge in [0.2, 0.25) is 0 Å². The number of methoxy groups -OCH3 is 2. The topological polar surface area (TPSA) is 112 Å². The number of furan rings is 1. The molecule has 1 amide bonds. The van der Waals surface area contributed by atoms with E-state index in [9.17, 15) is 4.79 Å². The van der Waals surface area contributed by atoms with E-state index in [-0.39, 0.29) is 17.9 Å². The summed E-state index contributed by atoms with van der Waals surface area (Å²) in [7, 11) is 3.11. The molecule has 0 aliphatic rings. The predicted octanol–water partition coefficient (Wildman–Crippen LogP) is 2.27. The molecule has 8 nitrogen and oxygen atoms in total. The van der Waals surface area contributed by atoms with E-state index in [1.165, 1.54) is 12.5 Å². The Morgan fingerprint density at radius 1 is 1.19 bits per heavy atom. The summed E-state index contributed by atoms with van der Waals surface area (Å²) in [5.41, 5.74) is 6.80. The SMILES string of the molecule is COc1cccc(OC)c1CNC(=O)c1cnc(-c2ccco2)nc1N. The van der Waals surface area contributed by atoms with Crippen molar-refractivity contribution >= 4 is 11.7 Å². The molecule has 8 heteroatoms. The number of hydrogen-bond donors (Lipinski definition) is 2. The molecule has 0 spiro atoms. The first-order chi connectivity index (χ1) is 12.6. The molecule has 0 bridgehead atoms. The number of benzene rings is 1. The lowest BCUT2D eigenvalue weighted by atomic mass is 10.1. The number of nitrogens with zero attached hydrogens (tertiary/aromatic N) is 2. The van der Waals surface area contributed by atoms with Crippen LogP contribution in [0.2, 0.25) is 0 Å². The minimum absolute atomic E-state index is 0.0656. The number of nitrogen functional groups attached to an aromatic ring is 1. The summed E-state index contributed by atoms with van der Waals surface area (Å²) in [6.07, 6.45) is 2.88. The van der Waals surface area contributed by atoms with Crippen LogP contribution in [-0.2, 0) is 6.54 Å². The number of hydrogen-bond acceptors (Lipinski definition) is 7. The predicted molar refractivity (Wildman–Crippen MR) is 94.9 cm³/mol. The highest BCUT2D eigenvalue weighted by Gasteiger charge is 2.16. The highest BCUT2D eigenvalue weighted by molar-refractivity contribution is 5.98. The van der Waals surface area contributed by atoms with Crippen molar-refractivity contribution < 1.29 is 18.7 Å². The molecule has 3 rings (SSSR count). The summed E-state index contributed by atoms with van der Waals surface area (Å²) < 4.78 is 15.9. The van der Waals surface area contributed by atoms with Crippen LogP contribution in [-0.4, -0.2) is 30.1 Å². The molecule has 2 heterocycles. The van der Waals surface area contributed by atoms with Gasteiger partial charge in [-0.15, -0.1) is 0 Å². The zero-order valence-corrected chi connectivity index (χ0v) is 14.4. The third-order valence-corrected chi connectivity index (χ3v) is 3.76. The van der Waals surface area contributed by atoms with Crippen molar-refractivity contribution in [1.82, 2.24) is 15.3 Å². The Bertz CT molecular complexity index is 887. The second-order valence-electron chi connectivity index (χ2n) is 5.29. The molecule has 3 aromatic rings. The van der Waals surface area contributed by atoms with Crippen molar-refractivity contribution in [1.29, 1.82) is 0 Å². The van der Waals surface area contributed by atoms with Crippen LogP contribution < -0.4 is 20.5 Å². The maximum Gasteiger partial charge on any atom is 0.256 e. The molecular formula is C18H18N4O4. The van der Waals surface area contributed by atoms with Gasteiger partial charge >= 0.3 is 0 Å². The summed E-state index contributed by atoms with van der Waals surface area (Å²) in [5.74, 6) is 1.68. The standard InChI is InChI=1S/C18H18N4O4/c1-24-13-5-3-6-14(25-2)11(13)9-21-18(23)12-10-20-17(22-16(12)19)15-7-4-8-26-15/h3-8,10H,9H2,1-2H3,(H,21,23)(H2,19,20,22). The van der Waals surface area contributed by atoms with Gasteiger partial charge in [-0.2, -0.15) is 0 Å². The van der Waals surface area contributed by atoms with E-state index in [2.05, 4.69) is 15.3 Å². The monoisotopic (exact) mass is 354 g/mol. The highest BCUT2D eigenvalue weighted by atomic mass is 16.5. The first-order valence-electron chi connectivity index (χ1n) is 7.78. The average molecular weight is 354 g/mol. The van der Waals surface area contributed by atoms with Gasteiger partial charge in [0.15, 0.2) is 11.6 Å². The largest absolute Gasteiger partial charge is 0.496 e. The van der Waals surface area contributed by atoms with Crippen LogP contribution in [0.25, 0.3) is 11.6 Å². The molecule has 0 aliphatic carbocycles. The molecule has 134 valence electrons. The molecule has 0 saturated carbocycles. The number of carbonyl (C=O) groups is 1. The van der Waals surface area contributed by atoms with Crippen molar-refractivity contribution in [2.75, 3.05) is 20.0 Å². The lowest BCUT2D eigenvalue weighted by Crippen LogP contribution is -2.25. The van der Waals surface area contributed by atoms with E-state index < -0.39 is 5.91 Å². The maximum absolute atomic E-state index is 12.5. The van der Waals surface area contributed by atoms with Crippen LogP contribution in [0.5, 0.6) is 11.5 Å². The summed E-state index contributed by atoms with van der Waals surface area (Å²) in [5, 5.41) is 2.78. The lowest BCUT2D eigenvalue weighted by Gasteiger charge is -2.14. The second kappa shape index (κ2) is 7.56. The smallest absolute Gasteiger partial charge is 0.256 e. The Balaban J connectivity index is 1.77. The zero-order chi connectivity index (χ0) is 18.5. The fourth-order valence-corrected chi connectivity index (χ4v) is 2.46. The minimum atomic E-state index is -0.401. The van der Waals surface area contributed by atoms with Gasteiger partial charge in [-0.25, -0.2) is 9.97 Å². The van der Waals surface area contributed by atoms with Crippen LogP contribution in [0.1, 0.15) is 15.9 Å². The number of amides is 1. The van der Waals surface area contributed by atoms with E-state index in [1.807, 2.05) is 6.07 Å². The molecule has 0 unspecified atom stereocenters. The van der Waals surface area contributed by atoms with Crippen molar-refractivity contribution in [3.63, 3.8) is 0 Å². The highest BCUT2D eigenvalue weighted by Crippen LogP contribution is 2.28. The van der Waals surface area contributed by atoms with Crippen molar-refractivity contribution in [2.45, 2.75) is 6.54 Å². The van der Waals surface area contributed by atoms with Crippen LogP contribution in [0, 0.1) is 0 Å². The third-order valence-electron chi connectivity index (χ3n) is 3.76. The van der Waals surface area contributed by atoms with Gasteiger partial charge in [-0.05, 0) is 24.3 Å². The minimum Gasteiger partial charge on any atom is -0.496 e. The number of carbonyl (C=O) groups excluding carboxylic acids is 1. The molecule has 0 saturated heterocycles. The molecule has 2 aromatic heterocycles. The average Bonchev–Trinajstić information content (AvgIpc) is 3.20. The van der Waals surface area contributed by atoms with Gasteiger partial charge in [0, 0.05) is 6.20 Å². The molecule has 0 aliphatic heterocycles. The van der Waals surface area contributed by atoms with Gasteiger partial charge in [0.05, 0.1) is 38.2 Å². The van der Waals surface area contributed by atoms with Gasteiger partial charge < -0.3 is 24.9 Å². The molecule has 26 heavy (non-hydrogen) atoms. The number of ether oxygens (including phenoxy) is 2. The Hall–Kier alpha value is -3.55. The number of rotatable bonds is 6. The fourth-order valence-electron chi connectivity index (χ4n) is 2.46. The van der Waals surface area contributed by atoms with Gasteiger partial charge in [0.25, 0.3) is 5.91 Å². The number of aromatic nitrogens is 2. The Kier molecular flexibility index (Phi) is 5.02. The van der Waals surface area contributed by atoms with Crippen molar-refractivity contribution in [2.24, 2.45) is 0 Å². The summed E-state index contributed by atoms with van der Waals surface area (Å²) in [6, 6.07) is 8.82. The molecule has 0 atom stereocenters. The molecule has 1 aromatic carbocycles. The van der Waals surface area contributed by atoms with Crippen LogP contribution >= 0.6 is 0 Å². The summed E-state index contributed by atoms with van der Waals surface area (Å²) in [6.45, 7) is 0.200. The van der Waals surface area contributed by atoms with Crippen molar-refractivity contribution in [3.8, 4) is 23.1 Å². The van der Waals surface area contributed by atoms with Gasteiger partial charge in [0.1, 0.15) is 17.3 Å². The molecule has 3 N–H and O–H groups in total. The fraction of sp³-hybridized carbons (Fsp3) is 0.167. The van der Waals surface area contributed by atoms with Crippen LogP contribution in [0.15, 0.2) is 47.2 Å². The van der Waals surface area contributed by atoms with Crippen LogP contribution in [0.4, 0.5) is 5.82 Å². The summed E-state index contributed by atoms with van der Waals surface area (Å²) >= 11 is 0. The van der Waals surface area contributed by atoms with Gasteiger partial charge in [-0.3, -0.25) is 4.79 Å². The quantitative estimate of drug-likeness (QED) is 0.698. The molecule has 0 radical (unpaired) electrons. The van der Waals surface area contributed by atoms with E-state index in [4.69, 9.17) is 19.6 Å². The van der Waals surface area contributed by atoms with E-state index in [0.29, 0.717) is 23.1 Å². The molecule has 0 fully saturated rings. The first-order valence-corrected chi connectivity index (χ1v) is 7.78. The molecular weight excluding hydrogens is 336 g/mol. The lowest BCUT2D eigenvalue weighted by molar-refractivity contribution is 0.0950. The Morgan fingerprint density at radius 3 is 2.50 bits per heavy atom. The normalized spacial score (nSPS) is 10.4.